The third-order valence-corrected chi connectivity index (χ3v) is 18.3. The average Bonchev–Trinajstić information content (AvgIpc) is 1.37. The molecule has 16 aromatic rings. The molecule has 0 fully saturated rings. The van der Waals surface area contributed by atoms with Crippen LogP contribution in [-0.4, -0.2) is 0 Å². The van der Waals surface area contributed by atoms with Crippen molar-refractivity contribution in [1.29, 1.82) is 0 Å². The molecule has 0 bridgehead atoms. The Hall–Kier alpha value is -10.4. The van der Waals surface area contributed by atoms with Gasteiger partial charge < -0.3 is 0 Å². The number of hydrogen-bond donors (Lipinski definition) is 0. The molecular formula is C84H58. The van der Waals surface area contributed by atoms with E-state index in [1.54, 1.807) is 0 Å². The summed E-state index contributed by atoms with van der Waals surface area (Å²) < 4.78 is 0. The molecule has 16 aromatic carbocycles. The van der Waals surface area contributed by atoms with Crippen LogP contribution in [0.2, 0.25) is 0 Å². The number of benzene rings is 16. The molecule has 0 radical (unpaired) electrons. The second-order valence-electron chi connectivity index (χ2n) is 23.5. The number of aryl methyl sites for hydroxylation is 1. The predicted molar refractivity (Wildman–Crippen MR) is 362 cm³/mol. The molecule has 1 aliphatic carbocycles. The van der Waals surface area contributed by atoms with E-state index >= 15 is 0 Å². The van der Waals surface area contributed by atoms with Crippen LogP contribution in [0.3, 0.4) is 0 Å². The average molecular weight is 1070 g/mol. The summed E-state index contributed by atoms with van der Waals surface area (Å²) in [5.41, 5.74) is 19.5. The van der Waals surface area contributed by atoms with Crippen LogP contribution in [0.4, 0.5) is 0 Å². The van der Waals surface area contributed by atoms with Crippen molar-refractivity contribution in [3.05, 3.63) is 314 Å². The van der Waals surface area contributed by atoms with Gasteiger partial charge in [0.15, 0.2) is 0 Å². The van der Waals surface area contributed by atoms with E-state index in [1.807, 2.05) is 0 Å². The molecular weight excluding hydrogens is 1010 g/mol. The Balaban J connectivity index is 0.000000145. The maximum Gasteiger partial charge on any atom is 0.0159 e. The fourth-order valence-corrected chi connectivity index (χ4v) is 14.3. The first-order chi connectivity index (χ1) is 41.4. The monoisotopic (exact) mass is 1070 g/mol. The third-order valence-electron chi connectivity index (χ3n) is 18.3. The lowest BCUT2D eigenvalue weighted by Gasteiger charge is -2.22. The van der Waals surface area contributed by atoms with E-state index in [0.717, 1.165) is 0 Å². The lowest BCUT2D eigenvalue weighted by molar-refractivity contribution is 0.660. The third kappa shape index (κ3) is 7.90. The summed E-state index contributed by atoms with van der Waals surface area (Å²) in [5, 5.41) is 20.5. The van der Waals surface area contributed by atoms with E-state index in [-0.39, 0.29) is 5.41 Å². The second kappa shape index (κ2) is 19.7. The maximum absolute atomic E-state index is 2.46. The van der Waals surface area contributed by atoms with Gasteiger partial charge in [0.1, 0.15) is 0 Å². The van der Waals surface area contributed by atoms with Gasteiger partial charge in [0.2, 0.25) is 0 Å². The Morgan fingerprint density at radius 1 is 0.202 bits per heavy atom. The van der Waals surface area contributed by atoms with Gasteiger partial charge in [0.25, 0.3) is 0 Å². The molecule has 0 heterocycles. The van der Waals surface area contributed by atoms with Gasteiger partial charge in [-0.15, -0.1) is 0 Å². The fraction of sp³-hybridized carbons (Fsp3) is 0.0476. The van der Waals surface area contributed by atoms with E-state index in [9.17, 15) is 0 Å². The quantitative estimate of drug-likeness (QED) is 0.119. The summed E-state index contributed by atoms with van der Waals surface area (Å²) in [5.74, 6) is 0. The molecule has 0 heteroatoms. The fourth-order valence-electron chi connectivity index (χ4n) is 14.3. The van der Waals surface area contributed by atoms with Gasteiger partial charge in [-0.05, 0) is 195 Å². The van der Waals surface area contributed by atoms with Crippen molar-refractivity contribution in [3.63, 3.8) is 0 Å². The Morgan fingerprint density at radius 2 is 0.643 bits per heavy atom. The Kier molecular flexibility index (Phi) is 11.6. The van der Waals surface area contributed by atoms with Gasteiger partial charge in [0, 0.05) is 5.41 Å². The molecule has 394 valence electrons. The molecule has 0 amide bonds. The van der Waals surface area contributed by atoms with Gasteiger partial charge in [0.05, 0.1) is 0 Å². The molecule has 0 spiro atoms. The first-order valence-electron chi connectivity index (χ1n) is 29.5. The molecule has 0 atom stereocenters. The van der Waals surface area contributed by atoms with Crippen LogP contribution < -0.4 is 0 Å². The minimum Gasteiger partial charge on any atom is -0.0619 e. The summed E-state index contributed by atoms with van der Waals surface area (Å²) >= 11 is 0. The van der Waals surface area contributed by atoms with Crippen molar-refractivity contribution in [3.8, 4) is 66.8 Å². The van der Waals surface area contributed by atoms with Gasteiger partial charge >= 0.3 is 0 Å². The van der Waals surface area contributed by atoms with Crippen molar-refractivity contribution in [1.82, 2.24) is 0 Å². The minimum absolute atomic E-state index is 0.0488. The number of fused-ring (bicyclic) bond motifs is 12. The van der Waals surface area contributed by atoms with Crippen molar-refractivity contribution in [2.24, 2.45) is 0 Å². The second-order valence-corrected chi connectivity index (χ2v) is 23.5. The van der Waals surface area contributed by atoms with Gasteiger partial charge in [-0.1, -0.05) is 292 Å². The van der Waals surface area contributed by atoms with Crippen LogP contribution in [0.25, 0.3) is 153 Å². The molecule has 0 N–H and O–H groups in total. The maximum atomic E-state index is 2.46. The molecule has 0 aliphatic heterocycles. The zero-order valence-corrected chi connectivity index (χ0v) is 47.3. The molecule has 0 nitrogen and oxygen atoms in total. The van der Waals surface area contributed by atoms with Crippen LogP contribution in [0.15, 0.2) is 297 Å². The van der Waals surface area contributed by atoms with Crippen molar-refractivity contribution in [2.75, 3.05) is 0 Å². The van der Waals surface area contributed by atoms with Crippen molar-refractivity contribution < 1.29 is 0 Å². The van der Waals surface area contributed by atoms with Gasteiger partial charge in [-0.3, -0.25) is 0 Å². The summed E-state index contributed by atoms with van der Waals surface area (Å²) in [6.07, 6.45) is 0. The molecule has 0 saturated carbocycles. The first kappa shape index (κ1) is 49.4. The molecule has 1 aliphatic rings. The predicted octanol–water partition coefficient (Wildman–Crippen LogP) is 23.5. The van der Waals surface area contributed by atoms with Crippen molar-refractivity contribution >= 4 is 86.2 Å². The largest absolute Gasteiger partial charge is 0.0619 e. The summed E-state index contributed by atoms with van der Waals surface area (Å²) in [6, 6.07) is 110. The normalized spacial score (nSPS) is 12.6. The zero-order chi connectivity index (χ0) is 56.0. The summed E-state index contributed by atoms with van der Waals surface area (Å²) in [6.45, 7) is 6.87. The van der Waals surface area contributed by atoms with Gasteiger partial charge in [-0.2, -0.15) is 0 Å². The lowest BCUT2D eigenvalue weighted by atomic mass is 9.81. The highest BCUT2D eigenvalue weighted by Gasteiger charge is 2.35. The molecule has 17 rings (SSSR count). The van der Waals surface area contributed by atoms with E-state index in [0.29, 0.717) is 0 Å². The first-order valence-corrected chi connectivity index (χ1v) is 29.5. The van der Waals surface area contributed by atoms with Crippen LogP contribution in [0, 0.1) is 6.92 Å². The summed E-state index contributed by atoms with van der Waals surface area (Å²) in [4.78, 5) is 0. The van der Waals surface area contributed by atoms with Gasteiger partial charge in [-0.25, -0.2) is 0 Å². The van der Waals surface area contributed by atoms with E-state index in [2.05, 4.69) is 318 Å². The Labute approximate surface area is 490 Å². The highest BCUT2D eigenvalue weighted by Crippen LogP contribution is 2.52. The minimum atomic E-state index is -0.0488. The number of hydrogen-bond acceptors (Lipinski definition) is 0. The SMILES string of the molecule is CC1(C)c2ccccc2-c2ccc(-c3ccc4c(-c5cccc6ccccc56)c5ccccc5c(-c5ccc6ccccc6c5)c4c3)cc21.Cc1ccc(-c2c3ccccc3c(-c3cc4ccccc4c4ccccc34)c3ccccc23)cc1. The van der Waals surface area contributed by atoms with Crippen LogP contribution >= 0.6 is 0 Å². The molecule has 0 aromatic heterocycles. The summed E-state index contributed by atoms with van der Waals surface area (Å²) in [7, 11) is 0. The van der Waals surface area contributed by atoms with Crippen LogP contribution in [0.1, 0.15) is 30.5 Å². The highest BCUT2D eigenvalue weighted by molar-refractivity contribution is 6.27. The van der Waals surface area contributed by atoms with E-state index < -0.39 is 0 Å². The lowest BCUT2D eigenvalue weighted by Crippen LogP contribution is -2.14. The molecule has 84 heavy (non-hydrogen) atoms. The van der Waals surface area contributed by atoms with E-state index in [1.165, 1.54) is 170 Å². The molecule has 0 unspecified atom stereocenters. The Morgan fingerprint density at radius 3 is 1.33 bits per heavy atom. The highest BCUT2D eigenvalue weighted by atomic mass is 14.4. The topological polar surface area (TPSA) is 0 Å². The van der Waals surface area contributed by atoms with Crippen LogP contribution in [-0.2, 0) is 5.41 Å². The molecule has 0 saturated heterocycles. The Bertz CT molecular complexity index is 5280. The standard InChI is InChI=1S/C49H34.C35H24/c1-49(2)45-21-10-9-17-38(45)39-26-24-35(30-46(39)49)34-25-27-43-44(29-34)47(36-23-22-31-12-3-4-14-33(31)28-36)41-18-7-8-19-42(41)48(43)40-20-11-15-32-13-5-6-16-37(32)40;1-23-18-20-24(21-19-23)34-29-14-6-8-16-31(29)35(32-17-9-7-15-30(32)34)33-22-25-10-2-3-11-26(25)27-12-4-5-13-28(27)33/h3-30H,1-2H3;2-22H,1H3. The van der Waals surface area contributed by atoms with E-state index in [4.69, 9.17) is 0 Å². The van der Waals surface area contributed by atoms with Crippen LogP contribution in [0.5, 0.6) is 0 Å². The number of rotatable bonds is 5. The van der Waals surface area contributed by atoms with Crippen molar-refractivity contribution in [2.45, 2.75) is 26.2 Å². The smallest absolute Gasteiger partial charge is 0.0159 e. The zero-order valence-electron chi connectivity index (χ0n) is 47.3.